The number of para-hydroxylation sites is 1. The van der Waals surface area contributed by atoms with Crippen LogP contribution in [0.5, 0.6) is 5.75 Å². The molecule has 140 valence electrons. The number of halogens is 3. The van der Waals surface area contributed by atoms with Gasteiger partial charge in [-0.15, -0.1) is 0 Å². The summed E-state index contributed by atoms with van der Waals surface area (Å²) in [7, 11) is 0. The highest BCUT2D eigenvalue weighted by atomic mass is 79.9. The van der Waals surface area contributed by atoms with Crippen molar-refractivity contribution in [3.05, 3.63) is 76.5 Å². The van der Waals surface area contributed by atoms with E-state index in [0.717, 1.165) is 0 Å². The van der Waals surface area contributed by atoms with Gasteiger partial charge in [0.1, 0.15) is 23.1 Å². The number of rotatable bonds is 6. The van der Waals surface area contributed by atoms with Gasteiger partial charge in [0, 0.05) is 6.20 Å². The number of amides is 1. The van der Waals surface area contributed by atoms with Gasteiger partial charge in [0.25, 0.3) is 5.91 Å². The third-order valence-electron chi connectivity index (χ3n) is 3.75. The summed E-state index contributed by atoms with van der Waals surface area (Å²) in [4.78, 5) is 12.2. The summed E-state index contributed by atoms with van der Waals surface area (Å²) in [6, 6.07) is 11.9. The maximum atomic E-state index is 13.8. The van der Waals surface area contributed by atoms with Gasteiger partial charge in [0.2, 0.25) is 0 Å². The van der Waals surface area contributed by atoms with E-state index in [2.05, 4.69) is 26.3 Å². The highest BCUT2D eigenvalue weighted by Gasteiger charge is 2.16. The van der Waals surface area contributed by atoms with Crippen LogP contribution in [0.2, 0.25) is 0 Å². The van der Waals surface area contributed by atoms with E-state index in [0.29, 0.717) is 21.6 Å². The number of nitrogens with one attached hydrogen (secondary N) is 1. The number of nitrogens with zero attached hydrogens (tertiary/aromatic N) is 2. The number of carbonyl (C=O) groups excluding carboxylic acids is 1. The minimum absolute atomic E-state index is 0.165. The Labute approximate surface area is 163 Å². The molecule has 1 heterocycles. The van der Waals surface area contributed by atoms with Crippen LogP contribution in [-0.2, 0) is 11.3 Å². The van der Waals surface area contributed by atoms with Gasteiger partial charge in [-0.05, 0) is 59.3 Å². The van der Waals surface area contributed by atoms with Gasteiger partial charge in [0.15, 0.2) is 6.10 Å². The molecule has 0 radical (unpaired) electrons. The molecular formula is C19H16BrF2N3O2. The lowest BCUT2D eigenvalue weighted by Crippen LogP contribution is -2.36. The van der Waals surface area contributed by atoms with Gasteiger partial charge in [-0.1, -0.05) is 12.1 Å². The molecule has 0 bridgehead atoms. The standard InChI is InChI=1S/C19H16BrF2N3O2/c1-12(27-18-7-6-13(21)10-15(18)20)19(26)23-11-14-8-9-25(24-14)17-5-3-2-4-16(17)22/h2-10,12H,11H2,1H3,(H,23,26)/t12-/m1/s1. The van der Waals surface area contributed by atoms with E-state index in [1.807, 2.05) is 0 Å². The lowest BCUT2D eigenvalue weighted by molar-refractivity contribution is -0.127. The monoisotopic (exact) mass is 435 g/mol. The van der Waals surface area contributed by atoms with E-state index in [9.17, 15) is 13.6 Å². The Hall–Kier alpha value is -2.74. The minimum Gasteiger partial charge on any atom is -0.480 e. The van der Waals surface area contributed by atoms with E-state index in [4.69, 9.17) is 4.74 Å². The molecule has 0 saturated carbocycles. The predicted molar refractivity (Wildman–Crippen MR) is 99.6 cm³/mol. The predicted octanol–water partition coefficient (Wildman–Crippen LogP) is 4.00. The molecule has 1 N–H and O–H groups in total. The minimum atomic E-state index is -0.791. The fourth-order valence-electron chi connectivity index (χ4n) is 2.36. The molecule has 1 amide bonds. The van der Waals surface area contributed by atoms with Gasteiger partial charge in [-0.2, -0.15) is 5.10 Å². The van der Waals surface area contributed by atoms with E-state index in [-0.39, 0.29) is 18.3 Å². The van der Waals surface area contributed by atoms with Crippen LogP contribution in [-0.4, -0.2) is 21.8 Å². The lowest BCUT2D eigenvalue weighted by Gasteiger charge is -2.15. The van der Waals surface area contributed by atoms with Crippen molar-refractivity contribution in [2.24, 2.45) is 0 Å². The van der Waals surface area contributed by atoms with Crippen LogP contribution in [0.15, 0.2) is 59.2 Å². The van der Waals surface area contributed by atoms with Crippen LogP contribution in [0.25, 0.3) is 5.69 Å². The topological polar surface area (TPSA) is 56.1 Å². The molecule has 1 aromatic heterocycles. The Morgan fingerprint density at radius 2 is 2.04 bits per heavy atom. The van der Waals surface area contributed by atoms with Crippen LogP contribution in [0, 0.1) is 11.6 Å². The molecule has 0 aliphatic carbocycles. The Morgan fingerprint density at radius 3 is 2.78 bits per heavy atom. The molecular weight excluding hydrogens is 420 g/mol. The number of hydrogen-bond acceptors (Lipinski definition) is 3. The highest BCUT2D eigenvalue weighted by molar-refractivity contribution is 9.10. The molecule has 0 unspecified atom stereocenters. The van der Waals surface area contributed by atoms with Crippen LogP contribution in [0.4, 0.5) is 8.78 Å². The summed E-state index contributed by atoms with van der Waals surface area (Å²) >= 11 is 3.19. The van der Waals surface area contributed by atoms with Crippen LogP contribution in [0.1, 0.15) is 12.6 Å². The fourth-order valence-corrected chi connectivity index (χ4v) is 2.81. The molecule has 0 aliphatic heterocycles. The quantitative estimate of drug-likeness (QED) is 0.636. The third-order valence-corrected chi connectivity index (χ3v) is 4.37. The number of carbonyl (C=O) groups is 1. The van der Waals surface area contributed by atoms with Gasteiger partial charge >= 0.3 is 0 Å². The first-order chi connectivity index (χ1) is 12.9. The first-order valence-corrected chi connectivity index (χ1v) is 8.92. The Kier molecular flexibility index (Phi) is 5.85. The number of benzene rings is 2. The molecule has 0 spiro atoms. The highest BCUT2D eigenvalue weighted by Crippen LogP contribution is 2.26. The maximum absolute atomic E-state index is 13.8. The average molecular weight is 436 g/mol. The summed E-state index contributed by atoms with van der Waals surface area (Å²) in [5.41, 5.74) is 0.898. The zero-order valence-electron chi connectivity index (χ0n) is 14.3. The van der Waals surface area contributed by atoms with Gasteiger partial charge in [-0.25, -0.2) is 13.5 Å². The Balaban J connectivity index is 1.58. The zero-order valence-corrected chi connectivity index (χ0v) is 15.9. The molecule has 0 fully saturated rings. The average Bonchev–Trinajstić information content (AvgIpc) is 3.11. The van der Waals surface area contributed by atoms with Gasteiger partial charge in [0.05, 0.1) is 16.7 Å². The van der Waals surface area contributed by atoms with Crippen LogP contribution in [0.3, 0.4) is 0 Å². The summed E-state index contributed by atoms with van der Waals surface area (Å²) in [6.45, 7) is 1.75. The van der Waals surface area contributed by atoms with E-state index >= 15 is 0 Å². The smallest absolute Gasteiger partial charge is 0.261 e. The van der Waals surface area contributed by atoms with Gasteiger partial charge < -0.3 is 10.1 Å². The second kappa shape index (κ2) is 8.30. The van der Waals surface area contributed by atoms with Crippen LogP contribution < -0.4 is 10.1 Å². The number of aromatic nitrogens is 2. The Bertz CT molecular complexity index is 962. The Morgan fingerprint density at radius 1 is 1.26 bits per heavy atom. The van der Waals surface area contributed by atoms with Crippen LogP contribution >= 0.6 is 15.9 Å². The molecule has 0 aliphatic rings. The summed E-state index contributed by atoms with van der Waals surface area (Å²) in [5.74, 6) is -0.783. The second-order valence-corrected chi connectivity index (χ2v) is 6.61. The van der Waals surface area contributed by atoms with Gasteiger partial charge in [-0.3, -0.25) is 4.79 Å². The molecule has 8 heteroatoms. The van der Waals surface area contributed by atoms with Crippen molar-refractivity contribution in [1.29, 1.82) is 0 Å². The fraction of sp³-hybridized carbons (Fsp3) is 0.158. The molecule has 0 saturated heterocycles. The molecule has 5 nitrogen and oxygen atoms in total. The molecule has 27 heavy (non-hydrogen) atoms. The lowest BCUT2D eigenvalue weighted by atomic mass is 10.3. The first-order valence-electron chi connectivity index (χ1n) is 8.13. The summed E-state index contributed by atoms with van der Waals surface area (Å²) in [5, 5.41) is 6.96. The zero-order chi connectivity index (χ0) is 19.4. The normalized spacial score (nSPS) is 11.9. The van der Waals surface area contributed by atoms with E-state index in [1.54, 1.807) is 37.4 Å². The van der Waals surface area contributed by atoms with Crippen molar-refractivity contribution in [2.45, 2.75) is 19.6 Å². The molecule has 3 aromatic rings. The first kappa shape index (κ1) is 19.0. The third kappa shape index (κ3) is 4.71. The SMILES string of the molecule is C[C@@H](Oc1ccc(F)cc1Br)C(=O)NCc1ccn(-c2ccccc2F)n1. The van der Waals surface area contributed by atoms with Crippen molar-refractivity contribution in [3.8, 4) is 11.4 Å². The molecule has 1 atom stereocenters. The molecule has 3 rings (SSSR count). The largest absolute Gasteiger partial charge is 0.480 e. The van der Waals surface area contributed by atoms with Crippen molar-refractivity contribution in [1.82, 2.24) is 15.1 Å². The summed E-state index contributed by atoms with van der Waals surface area (Å²) in [6.07, 6.45) is 0.829. The van der Waals surface area contributed by atoms with Crippen molar-refractivity contribution >= 4 is 21.8 Å². The summed E-state index contributed by atoms with van der Waals surface area (Å²) < 4.78 is 34.3. The second-order valence-electron chi connectivity index (χ2n) is 5.76. The van der Waals surface area contributed by atoms with E-state index in [1.165, 1.54) is 28.9 Å². The number of ether oxygens (including phenoxy) is 1. The maximum Gasteiger partial charge on any atom is 0.261 e. The molecule has 2 aromatic carbocycles. The number of hydrogen-bond donors (Lipinski definition) is 1. The van der Waals surface area contributed by atoms with Crippen molar-refractivity contribution < 1.29 is 18.3 Å². The van der Waals surface area contributed by atoms with Crippen molar-refractivity contribution in [3.63, 3.8) is 0 Å². The van der Waals surface area contributed by atoms with E-state index < -0.39 is 11.9 Å². The van der Waals surface area contributed by atoms with Crippen molar-refractivity contribution in [2.75, 3.05) is 0 Å².